The molecule has 0 saturated carbocycles. The molecule has 0 fully saturated rings. The number of halogens is 1. The summed E-state index contributed by atoms with van der Waals surface area (Å²) in [6.07, 6.45) is 1.80. The van der Waals surface area contributed by atoms with E-state index in [-0.39, 0.29) is 12.2 Å². The molecular weight excluding hydrogens is 536 g/mol. The van der Waals surface area contributed by atoms with Gasteiger partial charge in [-0.25, -0.2) is 9.79 Å². The van der Waals surface area contributed by atoms with Crippen LogP contribution in [0.5, 0.6) is 11.5 Å². The van der Waals surface area contributed by atoms with Crippen molar-refractivity contribution in [1.82, 2.24) is 4.57 Å². The number of aromatic nitrogens is 1. The fourth-order valence-electron chi connectivity index (χ4n) is 4.70. The van der Waals surface area contributed by atoms with E-state index in [2.05, 4.69) is 0 Å². The molecule has 0 aliphatic carbocycles. The van der Waals surface area contributed by atoms with Crippen molar-refractivity contribution < 1.29 is 19.0 Å². The minimum Gasteiger partial charge on any atom is -0.486 e. The summed E-state index contributed by atoms with van der Waals surface area (Å²) in [6, 6.07) is 21.4. The number of hydrogen-bond acceptors (Lipinski definition) is 7. The molecule has 7 nitrogen and oxygen atoms in total. The second kappa shape index (κ2) is 10.6. The molecule has 0 saturated heterocycles. The minimum atomic E-state index is -0.754. The standard InChI is InChI=1S/C30H23ClN2O5S/c1-2-36-29(35)25-26(19-6-4-3-5-7-19)32-30-33(27(25)20-9-11-21(31)12-10-20)28(34)24(39-30)17-18-8-13-22-23(16-18)38-15-14-37-22/h3-13,16-17,27H,2,14-15H2,1H3/b24-17-/t27-/m1/s1. The van der Waals surface area contributed by atoms with Crippen LogP contribution in [-0.4, -0.2) is 30.4 Å². The Bertz CT molecular complexity index is 1770. The monoisotopic (exact) mass is 558 g/mol. The molecule has 0 amide bonds. The van der Waals surface area contributed by atoms with Crippen LogP contribution in [0.2, 0.25) is 5.02 Å². The van der Waals surface area contributed by atoms with Gasteiger partial charge in [-0.3, -0.25) is 9.36 Å². The second-order valence-electron chi connectivity index (χ2n) is 8.89. The SMILES string of the molecule is CCOC(=O)C1=C(c2ccccc2)N=c2s/c(=C\c3ccc4c(c3)OCCO4)c(=O)n2[C@@H]1c1ccc(Cl)cc1. The molecule has 0 spiro atoms. The third-order valence-corrected chi connectivity index (χ3v) is 7.66. The number of thiazole rings is 1. The van der Waals surface area contributed by atoms with Gasteiger partial charge in [-0.1, -0.05) is 71.5 Å². The highest BCUT2D eigenvalue weighted by Gasteiger charge is 2.35. The van der Waals surface area contributed by atoms with Crippen LogP contribution in [0.3, 0.4) is 0 Å². The zero-order valence-electron chi connectivity index (χ0n) is 20.9. The van der Waals surface area contributed by atoms with Gasteiger partial charge in [0.15, 0.2) is 16.3 Å². The van der Waals surface area contributed by atoms with Gasteiger partial charge in [-0.05, 0) is 48.4 Å². The van der Waals surface area contributed by atoms with Gasteiger partial charge in [0, 0.05) is 10.6 Å². The van der Waals surface area contributed by atoms with Gasteiger partial charge in [0.25, 0.3) is 5.56 Å². The molecule has 0 unspecified atom stereocenters. The van der Waals surface area contributed by atoms with E-state index >= 15 is 0 Å². The Morgan fingerprint density at radius 3 is 2.56 bits per heavy atom. The van der Waals surface area contributed by atoms with Crippen molar-refractivity contribution in [2.24, 2.45) is 4.99 Å². The Balaban J connectivity index is 1.60. The summed E-state index contributed by atoms with van der Waals surface area (Å²) in [5.74, 6) is 0.785. The van der Waals surface area contributed by atoms with Crippen LogP contribution < -0.4 is 24.4 Å². The molecule has 0 radical (unpaired) electrons. The fraction of sp³-hybridized carbons (Fsp3) is 0.167. The summed E-state index contributed by atoms with van der Waals surface area (Å²) >= 11 is 7.45. The maximum Gasteiger partial charge on any atom is 0.338 e. The predicted octanol–water partition coefficient (Wildman–Crippen LogP) is 4.36. The molecule has 0 N–H and O–H groups in total. The predicted molar refractivity (Wildman–Crippen MR) is 150 cm³/mol. The van der Waals surface area contributed by atoms with Crippen LogP contribution in [-0.2, 0) is 9.53 Å². The van der Waals surface area contributed by atoms with Crippen LogP contribution in [0.25, 0.3) is 11.8 Å². The van der Waals surface area contributed by atoms with Gasteiger partial charge < -0.3 is 14.2 Å². The van der Waals surface area contributed by atoms with Crippen molar-refractivity contribution in [3.05, 3.63) is 120 Å². The molecule has 2 aliphatic heterocycles. The fourth-order valence-corrected chi connectivity index (χ4v) is 5.83. The molecule has 2 aliphatic rings. The van der Waals surface area contributed by atoms with Crippen LogP contribution in [0, 0.1) is 0 Å². The lowest BCUT2D eigenvalue weighted by atomic mass is 9.93. The number of rotatable bonds is 5. The lowest BCUT2D eigenvalue weighted by Crippen LogP contribution is -2.40. The molecule has 1 aromatic heterocycles. The Morgan fingerprint density at radius 1 is 1.08 bits per heavy atom. The molecular formula is C30H23ClN2O5S. The van der Waals surface area contributed by atoms with Crippen LogP contribution in [0.1, 0.15) is 29.7 Å². The molecule has 1 atom stereocenters. The maximum atomic E-state index is 14.0. The zero-order valence-corrected chi connectivity index (χ0v) is 22.5. The summed E-state index contributed by atoms with van der Waals surface area (Å²) < 4.78 is 18.9. The van der Waals surface area contributed by atoms with E-state index in [1.165, 1.54) is 11.3 Å². The number of esters is 1. The molecule has 196 valence electrons. The van der Waals surface area contributed by atoms with Gasteiger partial charge in [0.1, 0.15) is 13.2 Å². The van der Waals surface area contributed by atoms with Crippen LogP contribution in [0.15, 0.2) is 88.2 Å². The van der Waals surface area contributed by atoms with E-state index < -0.39 is 12.0 Å². The minimum absolute atomic E-state index is 0.187. The number of hydrogen-bond donors (Lipinski definition) is 0. The molecule has 3 aromatic carbocycles. The summed E-state index contributed by atoms with van der Waals surface area (Å²) in [5.41, 5.74) is 2.77. The molecule has 3 heterocycles. The van der Waals surface area contributed by atoms with Crippen molar-refractivity contribution in [3.8, 4) is 11.5 Å². The third kappa shape index (κ3) is 4.77. The van der Waals surface area contributed by atoms with Crippen molar-refractivity contribution >= 4 is 40.7 Å². The van der Waals surface area contributed by atoms with E-state index in [9.17, 15) is 9.59 Å². The average Bonchev–Trinajstić information content (AvgIpc) is 3.27. The van der Waals surface area contributed by atoms with E-state index in [1.807, 2.05) is 60.7 Å². The first-order chi connectivity index (χ1) is 19.0. The van der Waals surface area contributed by atoms with Crippen LogP contribution >= 0.6 is 22.9 Å². The highest BCUT2D eigenvalue weighted by molar-refractivity contribution is 7.07. The first kappa shape index (κ1) is 25.2. The Labute approximate surface area is 232 Å². The highest BCUT2D eigenvalue weighted by atomic mass is 35.5. The molecule has 6 rings (SSSR count). The number of nitrogens with zero attached hydrogens (tertiary/aromatic N) is 2. The summed E-state index contributed by atoms with van der Waals surface area (Å²) in [7, 11) is 0. The topological polar surface area (TPSA) is 79.1 Å². The van der Waals surface area contributed by atoms with Gasteiger partial charge in [-0.15, -0.1) is 0 Å². The van der Waals surface area contributed by atoms with E-state index in [0.29, 0.717) is 50.3 Å². The largest absolute Gasteiger partial charge is 0.486 e. The molecule has 9 heteroatoms. The van der Waals surface area contributed by atoms with Crippen molar-refractivity contribution in [1.29, 1.82) is 0 Å². The molecule has 4 aromatic rings. The third-order valence-electron chi connectivity index (χ3n) is 6.42. The molecule has 0 bridgehead atoms. The van der Waals surface area contributed by atoms with Crippen molar-refractivity contribution in [2.75, 3.05) is 19.8 Å². The first-order valence-corrected chi connectivity index (χ1v) is 13.7. The number of fused-ring (bicyclic) bond motifs is 2. The number of carbonyl (C=O) groups excluding carboxylic acids is 1. The second-order valence-corrected chi connectivity index (χ2v) is 10.3. The summed E-state index contributed by atoms with van der Waals surface area (Å²) in [5, 5.41) is 0.551. The normalized spacial score (nSPS) is 16.5. The Kier molecular flexibility index (Phi) is 6.81. The van der Waals surface area contributed by atoms with Gasteiger partial charge in [-0.2, -0.15) is 0 Å². The van der Waals surface area contributed by atoms with Gasteiger partial charge in [0.2, 0.25) is 0 Å². The number of carbonyl (C=O) groups is 1. The number of benzene rings is 3. The highest BCUT2D eigenvalue weighted by Crippen LogP contribution is 2.35. The van der Waals surface area contributed by atoms with Crippen molar-refractivity contribution in [2.45, 2.75) is 13.0 Å². The Morgan fingerprint density at radius 2 is 1.82 bits per heavy atom. The Hall–Kier alpha value is -4.14. The van der Waals surface area contributed by atoms with E-state index in [4.69, 9.17) is 30.8 Å². The summed E-state index contributed by atoms with van der Waals surface area (Å²) in [6.45, 7) is 2.91. The zero-order chi connectivity index (χ0) is 26.9. The summed E-state index contributed by atoms with van der Waals surface area (Å²) in [4.78, 5) is 32.8. The molecule has 39 heavy (non-hydrogen) atoms. The van der Waals surface area contributed by atoms with Gasteiger partial charge >= 0.3 is 5.97 Å². The maximum absolute atomic E-state index is 14.0. The van der Waals surface area contributed by atoms with Crippen LogP contribution in [0.4, 0.5) is 0 Å². The smallest absolute Gasteiger partial charge is 0.338 e. The quantitative estimate of drug-likeness (QED) is 0.340. The number of ether oxygens (including phenoxy) is 3. The lowest BCUT2D eigenvalue weighted by molar-refractivity contribution is -0.138. The van der Waals surface area contributed by atoms with E-state index in [1.54, 1.807) is 29.7 Å². The van der Waals surface area contributed by atoms with Crippen molar-refractivity contribution in [3.63, 3.8) is 0 Å². The van der Waals surface area contributed by atoms with E-state index in [0.717, 1.165) is 16.7 Å². The first-order valence-electron chi connectivity index (χ1n) is 12.5. The lowest BCUT2D eigenvalue weighted by Gasteiger charge is -2.25. The van der Waals surface area contributed by atoms with Gasteiger partial charge in [0.05, 0.1) is 28.5 Å². The average molecular weight is 559 g/mol.